The molecule has 2 aliphatic carbocycles. The Balaban J connectivity index is 1.67. The van der Waals surface area contributed by atoms with Gasteiger partial charge >= 0.3 is 0 Å². The molecule has 158 valence electrons. The standard InChI is InChI=1S/C23H32N2O4/c1-3-29-19-13-10-16(14-20(19)28-2)22-23(27)24(17-8-6-4-5-7-9-17)15-21(26)25(22)18-11-12-18/h10,13-14,17-18,22H,3-9,11-12,15H2,1-2H3. The lowest BCUT2D eigenvalue weighted by atomic mass is 9.97. The van der Waals surface area contributed by atoms with Crippen molar-refractivity contribution in [1.82, 2.24) is 9.80 Å². The first-order valence-electron chi connectivity index (χ1n) is 11.1. The summed E-state index contributed by atoms with van der Waals surface area (Å²) < 4.78 is 11.1. The Kier molecular flexibility index (Phi) is 5.97. The minimum atomic E-state index is -0.559. The number of methoxy groups -OCH3 is 1. The van der Waals surface area contributed by atoms with Crippen molar-refractivity contribution in [3.63, 3.8) is 0 Å². The van der Waals surface area contributed by atoms with E-state index in [0.29, 0.717) is 18.1 Å². The molecule has 1 aromatic rings. The molecule has 6 heteroatoms. The zero-order chi connectivity index (χ0) is 20.4. The van der Waals surface area contributed by atoms with Crippen molar-refractivity contribution in [3.05, 3.63) is 23.8 Å². The zero-order valence-corrected chi connectivity index (χ0v) is 17.6. The van der Waals surface area contributed by atoms with Crippen LogP contribution in [0.15, 0.2) is 18.2 Å². The van der Waals surface area contributed by atoms with Crippen molar-refractivity contribution in [2.24, 2.45) is 0 Å². The van der Waals surface area contributed by atoms with Gasteiger partial charge in [0.1, 0.15) is 12.6 Å². The first kappa shape index (κ1) is 20.0. The van der Waals surface area contributed by atoms with Crippen molar-refractivity contribution >= 4 is 11.8 Å². The van der Waals surface area contributed by atoms with Gasteiger partial charge in [0.2, 0.25) is 5.91 Å². The molecule has 3 aliphatic rings. The first-order valence-corrected chi connectivity index (χ1v) is 11.1. The molecule has 1 aromatic carbocycles. The van der Waals surface area contributed by atoms with Crippen LogP contribution in [0.5, 0.6) is 11.5 Å². The van der Waals surface area contributed by atoms with Crippen molar-refractivity contribution in [1.29, 1.82) is 0 Å². The quantitative estimate of drug-likeness (QED) is 0.684. The largest absolute Gasteiger partial charge is 0.493 e. The van der Waals surface area contributed by atoms with Crippen molar-refractivity contribution in [2.75, 3.05) is 20.3 Å². The highest BCUT2D eigenvalue weighted by molar-refractivity contribution is 5.96. The van der Waals surface area contributed by atoms with E-state index in [2.05, 4.69) is 0 Å². The summed E-state index contributed by atoms with van der Waals surface area (Å²) in [6, 6.07) is 5.44. The summed E-state index contributed by atoms with van der Waals surface area (Å²) in [5.74, 6) is 1.41. The van der Waals surface area contributed by atoms with Crippen LogP contribution in [-0.2, 0) is 9.59 Å². The van der Waals surface area contributed by atoms with Gasteiger partial charge in [-0.1, -0.05) is 31.7 Å². The van der Waals surface area contributed by atoms with Crippen LogP contribution in [-0.4, -0.2) is 54.0 Å². The molecule has 1 atom stereocenters. The Bertz CT molecular complexity index is 753. The average Bonchev–Trinajstić information content (AvgIpc) is 3.57. The van der Waals surface area contributed by atoms with E-state index in [-0.39, 0.29) is 30.4 Å². The van der Waals surface area contributed by atoms with Crippen molar-refractivity contribution < 1.29 is 19.1 Å². The number of hydrogen-bond acceptors (Lipinski definition) is 4. The maximum absolute atomic E-state index is 13.7. The predicted octanol–water partition coefficient (Wildman–Crippen LogP) is 3.69. The summed E-state index contributed by atoms with van der Waals surface area (Å²) in [7, 11) is 1.60. The summed E-state index contributed by atoms with van der Waals surface area (Å²) >= 11 is 0. The Morgan fingerprint density at radius 2 is 1.69 bits per heavy atom. The summed E-state index contributed by atoms with van der Waals surface area (Å²) in [5, 5.41) is 0. The molecule has 1 saturated heterocycles. The van der Waals surface area contributed by atoms with Crippen LogP contribution in [0.1, 0.15) is 69.9 Å². The van der Waals surface area contributed by atoms with E-state index in [1.54, 1.807) is 7.11 Å². The molecule has 0 N–H and O–H groups in total. The van der Waals surface area contributed by atoms with Gasteiger partial charge in [0, 0.05) is 12.1 Å². The van der Waals surface area contributed by atoms with E-state index < -0.39 is 6.04 Å². The third-order valence-electron chi connectivity index (χ3n) is 6.40. The Morgan fingerprint density at radius 1 is 0.966 bits per heavy atom. The molecule has 2 saturated carbocycles. The summed E-state index contributed by atoms with van der Waals surface area (Å²) in [6.45, 7) is 2.70. The number of rotatable bonds is 6. The molecule has 0 bridgehead atoms. The number of benzene rings is 1. The van der Waals surface area contributed by atoms with Gasteiger partial charge in [0.25, 0.3) is 5.91 Å². The van der Waals surface area contributed by atoms with E-state index in [1.807, 2.05) is 34.9 Å². The van der Waals surface area contributed by atoms with E-state index in [9.17, 15) is 9.59 Å². The van der Waals surface area contributed by atoms with E-state index in [1.165, 1.54) is 12.8 Å². The topological polar surface area (TPSA) is 59.1 Å². The molecular weight excluding hydrogens is 368 g/mol. The third kappa shape index (κ3) is 4.07. The highest BCUT2D eigenvalue weighted by Gasteiger charge is 2.48. The highest BCUT2D eigenvalue weighted by atomic mass is 16.5. The zero-order valence-electron chi connectivity index (χ0n) is 17.6. The predicted molar refractivity (Wildman–Crippen MR) is 110 cm³/mol. The summed E-state index contributed by atoms with van der Waals surface area (Å²) in [5.41, 5.74) is 0.814. The molecule has 6 nitrogen and oxygen atoms in total. The lowest BCUT2D eigenvalue weighted by molar-refractivity contribution is -0.159. The smallest absolute Gasteiger partial charge is 0.250 e. The van der Waals surface area contributed by atoms with Crippen LogP contribution in [0.2, 0.25) is 0 Å². The fraction of sp³-hybridized carbons (Fsp3) is 0.652. The molecule has 0 aromatic heterocycles. The van der Waals surface area contributed by atoms with Crippen LogP contribution >= 0.6 is 0 Å². The molecule has 4 rings (SSSR count). The lowest BCUT2D eigenvalue weighted by Gasteiger charge is -2.44. The van der Waals surface area contributed by atoms with Crippen molar-refractivity contribution in [3.8, 4) is 11.5 Å². The number of ether oxygens (including phenoxy) is 2. The third-order valence-corrected chi connectivity index (χ3v) is 6.40. The van der Waals surface area contributed by atoms with Gasteiger partial charge in [-0.05, 0) is 50.3 Å². The molecule has 3 fully saturated rings. The minimum Gasteiger partial charge on any atom is -0.493 e. The van der Waals surface area contributed by atoms with Crippen LogP contribution < -0.4 is 9.47 Å². The van der Waals surface area contributed by atoms with Gasteiger partial charge in [0.15, 0.2) is 11.5 Å². The van der Waals surface area contributed by atoms with Gasteiger partial charge in [-0.3, -0.25) is 9.59 Å². The Morgan fingerprint density at radius 3 is 2.31 bits per heavy atom. The molecule has 0 radical (unpaired) electrons. The minimum absolute atomic E-state index is 0.0645. The van der Waals surface area contributed by atoms with E-state index in [4.69, 9.17) is 9.47 Å². The fourth-order valence-corrected chi connectivity index (χ4v) is 4.80. The van der Waals surface area contributed by atoms with Crippen molar-refractivity contribution in [2.45, 2.75) is 76.4 Å². The van der Waals surface area contributed by atoms with Gasteiger partial charge in [-0.25, -0.2) is 0 Å². The number of nitrogens with zero attached hydrogens (tertiary/aromatic N) is 2. The number of amides is 2. The molecule has 1 aliphatic heterocycles. The highest BCUT2D eigenvalue weighted by Crippen LogP contribution is 2.41. The van der Waals surface area contributed by atoms with E-state index in [0.717, 1.165) is 44.1 Å². The number of hydrogen-bond donors (Lipinski definition) is 0. The maximum atomic E-state index is 13.7. The summed E-state index contributed by atoms with van der Waals surface area (Å²) in [4.78, 5) is 30.6. The lowest BCUT2D eigenvalue weighted by Crippen LogP contribution is -2.58. The number of piperazine rings is 1. The second kappa shape index (κ2) is 8.64. The average molecular weight is 401 g/mol. The van der Waals surface area contributed by atoms with Gasteiger partial charge in [-0.15, -0.1) is 0 Å². The van der Waals surface area contributed by atoms with Gasteiger partial charge in [0.05, 0.1) is 13.7 Å². The van der Waals surface area contributed by atoms with Crippen LogP contribution in [0.3, 0.4) is 0 Å². The van der Waals surface area contributed by atoms with Crippen LogP contribution in [0, 0.1) is 0 Å². The maximum Gasteiger partial charge on any atom is 0.250 e. The first-order chi connectivity index (χ1) is 14.1. The molecule has 1 unspecified atom stereocenters. The van der Waals surface area contributed by atoms with Crippen LogP contribution in [0.25, 0.3) is 0 Å². The Labute approximate surface area is 173 Å². The molecule has 2 amide bonds. The second-order valence-electron chi connectivity index (χ2n) is 8.39. The number of carbonyl (C=O) groups excluding carboxylic acids is 2. The van der Waals surface area contributed by atoms with Crippen LogP contribution in [0.4, 0.5) is 0 Å². The normalized spacial score (nSPS) is 23.9. The molecule has 1 heterocycles. The Hall–Kier alpha value is -2.24. The SMILES string of the molecule is CCOc1ccc(C2C(=O)N(C3CCCCCC3)CC(=O)N2C2CC2)cc1OC. The summed E-state index contributed by atoms with van der Waals surface area (Å²) in [6.07, 6.45) is 8.68. The second-order valence-corrected chi connectivity index (χ2v) is 8.39. The molecular formula is C23H32N2O4. The van der Waals surface area contributed by atoms with E-state index >= 15 is 0 Å². The monoisotopic (exact) mass is 400 g/mol. The molecule has 0 spiro atoms. The van der Waals surface area contributed by atoms with Gasteiger partial charge < -0.3 is 19.3 Å². The number of carbonyl (C=O) groups is 2. The van der Waals surface area contributed by atoms with Gasteiger partial charge in [-0.2, -0.15) is 0 Å². The molecule has 29 heavy (non-hydrogen) atoms. The fourth-order valence-electron chi connectivity index (χ4n) is 4.80.